The Labute approximate surface area is 86.7 Å². The highest BCUT2D eigenvalue weighted by molar-refractivity contribution is 6.33. The monoisotopic (exact) mass is 190 g/mol. The van der Waals surface area contributed by atoms with Gasteiger partial charge in [-0.25, -0.2) is 4.79 Å². The lowest BCUT2D eigenvalue weighted by Crippen LogP contribution is -2.10. The van der Waals surface area contributed by atoms with Gasteiger partial charge in [0.05, 0.1) is 12.7 Å². The molecule has 0 bridgehead atoms. The molecule has 14 heavy (non-hydrogen) atoms. The van der Waals surface area contributed by atoms with E-state index in [4.69, 9.17) is 7.85 Å². The molecule has 0 aliphatic rings. The van der Waals surface area contributed by atoms with Crippen LogP contribution in [0.15, 0.2) is 18.2 Å². The van der Waals surface area contributed by atoms with Gasteiger partial charge >= 0.3 is 5.97 Å². The van der Waals surface area contributed by atoms with Gasteiger partial charge in [-0.05, 0) is 19.1 Å². The quantitative estimate of drug-likeness (QED) is 0.496. The zero-order valence-electron chi connectivity index (χ0n) is 9.13. The summed E-state index contributed by atoms with van der Waals surface area (Å²) in [6, 6.07) is 5.05. The van der Waals surface area contributed by atoms with Crippen LogP contribution in [-0.4, -0.2) is 20.9 Å². The Morgan fingerprint density at radius 1 is 1.36 bits per heavy atom. The van der Waals surface area contributed by atoms with E-state index in [-0.39, 0.29) is 5.97 Å². The molecule has 0 amide bonds. The number of benzene rings is 1. The van der Waals surface area contributed by atoms with Crippen LogP contribution in [0.1, 0.15) is 29.8 Å². The maximum atomic E-state index is 11.0. The van der Waals surface area contributed by atoms with Crippen LogP contribution in [0, 0.1) is 6.92 Å². The first-order valence-corrected chi connectivity index (χ1v) is 4.59. The summed E-state index contributed by atoms with van der Waals surface area (Å²) in [5, 5.41) is 0. The molecule has 1 aromatic carbocycles. The molecule has 3 heteroatoms. The molecule has 74 valence electrons. The molecule has 0 saturated heterocycles. The summed E-state index contributed by atoms with van der Waals surface area (Å²) in [5.41, 5.74) is 2.10. The summed E-state index contributed by atoms with van der Waals surface area (Å²) in [7, 11) is 6.93. The van der Waals surface area contributed by atoms with Crippen molar-refractivity contribution < 1.29 is 9.53 Å². The van der Waals surface area contributed by atoms with Gasteiger partial charge in [-0.2, -0.15) is 0 Å². The number of hydrogen-bond donors (Lipinski definition) is 0. The molecular weight excluding hydrogens is 175 g/mol. The second-order valence-corrected chi connectivity index (χ2v) is 2.56. The Bertz CT molecular complexity index is 308. The van der Waals surface area contributed by atoms with E-state index in [9.17, 15) is 4.79 Å². The molecule has 0 aliphatic carbocycles. The van der Waals surface area contributed by atoms with Gasteiger partial charge in [0.2, 0.25) is 0 Å². The number of ether oxygens (including phenoxy) is 1. The second kappa shape index (κ2) is 6.25. The van der Waals surface area contributed by atoms with Crippen LogP contribution in [-0.2, 0) is 4.74 Å². The average molecular weight is 190 g/mol. The van der Waals surface area contributed by atoms with Crippen molar-refractivity contribution in [2.45, 2.75) is 20.8 Å². The van der Waals surface area contributed by atoms with Gasteiger partial charge in [-0.15, -0.1) is 0 Å². The lowest BCUT2D eigenvalue weighted by molar-refractivity contribution is 0.0600. The third-order valence-electron chi connectivity index (χ3n) is 1.69. The van der Waals surface area contributed by atoms with E-state index in [2.05, 4.69) is 4.74 Å². The molecule has 0 fully saturated rings. The van der Waals surface area contributed by atoms with Crippen LogP contribution in [0.2, 0.25) is 0 Å². The molecule has 2 radical (unpaired) electrons. The van der Waals surface area contributed by atoms with Gasteiger partial charge in [-0.1, -0.05) is 30.9 Å². The maximum Gasteiger partial charge on any atom is 0.337 e. The van der Waals surface area contributed by atoms with Crippen molar-refractivity contribution in [2.24, 2.45) is 0 Å². The zero-order chi connectivity index (χ0) is 11.1. The van der Waals surface area contributed by atoms with Crippen molar-refractivity contribution in [1.29, 1.82) is 0 Å². The van der Waals surface area contributed by atoms with Crippen molar-refractivity contribution in [3.63, 3.8) is 0 Å². The van der Waals surface area contributed by atoms with Crippen LogP contribution >= 0.6 is 0 Å². The van der Waals surface area contributed by atoms with Crippen molar-refractivity contribution in [3.8, 4) is 0 Å². The molecule has 0 heterocycles. The van der Waals surface area contributed by atoms with Crippen molar-refractivity contribution >= 4 is 19.3 Å². The van der Waals surface area contributed by atoms with E-state index in [1.54, 1.807) is 18.2 Å². The normalized spacial score (nSPS) is 8.57. The minimum atomic E-state index is -0.335. The first-order chi connectivity index (χ1) is 6.65. The smallest absolute Gasteiger partial charge is 0.337 e. The van der Waals surface area contributed by atoms with Crippen LogP contribution < -0.4 is 5.46 Å². The predicted molar refractivity (Wildman–Crippen MR) is 59.3 cm³/mol. The van der Waals surface area contributed by atoms with E-state index in [0.717, 1.165) is 5.56 Å². The third-order valence-corrected chi connectivity index (χ3v) is 1.69. The standard InChI is InChI=1S/C9H9BO2.C2H6/c1-6-5-7(9(11)12-2)3-4-8(6)10;1-2/h3-5H,1-2H3;1-2H3. The zero-order valence-corrected chi connectivity index (χ0v) is 9.13. The van der Waals surface area contributed by atoms with Crippen LogP contribution in [0.25, 0.3) is 0 Å². The second-order valence-electron chi connectivity index (χ2n) is 2.56. The number of rotatable bonds is 1. The number of aryl methyl sites for hydroxylation is 1. The van der Waals surface area contributed by atoms with Crippen molar-refractivity contribution in [3.05, 3.63) is 29.3 Å². The van der Waals surface area contributed by atoms with Gasteiger partial charge in [0.25, 0.3) is 0 Å². The van der Waals surface area contributed by atoms with Crippen LogP contribution in [0.3, 0.4) is 0 Å². The first kappa shape index (κ1) is 12.8. The van der Waals surface area contributed by atoms with Crippen molar-refractivity contribution in [2.75, 3.05) is 7.11 Å². The SMILES string of the molecule is CC.[B]c1ccc(C(=O)OC)cc1C. The third kappa shape index (κ3) is 3.25. The molecule has 0 N–H and O–H groups in total. The minimum absolute atomic E-state index is 0.335. The highest BCUT2D eigenvalue weighted by Crippen LogP contribution is 2.02. The lowest BCUT2D eigenvalue weighted by Gasteiger charge is -2.02. The van der Waals surface area contributed by atoms with E-state index in [1.165, 1.54) is 7.11 Å². The summed E-state index contributed by atoms with van der Waals surface area (Å²) in [5.74, 6) is -0.335. The number of hydrogen-bond acceptors (Lipinski definition) is 2. The lowest BCUT2D eigenvalue weighted by atomic mass is 9.90. The summed E-state index contributed by atoms with van der Waals surface area (Å²) in [6.07, 6.45) is 0. The fraction of sp³-hybridized carbons (Fsp3) is 0.364. The first-order valence-electron chi connectivity index (χ1n) is 4.59. The summed E-state index contributed by atoms with van der Waals surface area (Å²) >= 11 is 0. The van der Waals surface area contributed by atoms with E-state index >= 15 is 0 Å². The van der Waals surface area contributed by atoms with E-state index < -0.39 is 0 Å². The fourth-order valence-corrected chi connectivity index (χ4v) is 0.921. The van der Waals surface area contributed by atoms with Gasteiger partial charge in [0, 0.05) is 0 Å². The molecule has 0 saturated carbocycles. The number of carbonyl (C=O) groups is 1. The number of carbonyl (C=O) groups excluding carboxylic acids is 1. The van der Waals surface area contributed by atoms with Crippen LogP contribution in [0.4, 0.5) is 0 Å². The average Bonchev–Trinajstić information content (AvgIpc) is 2.24. The number of methoxy groups -OCH3 is 1. The Morgan fingerprint density at radius 3 is 2.36 bits per heavy atom. The van der Waals surface area contributed by atoms with Gasteiger partial charge in [0.15, 0.2) is 0 Å². The predicted octanol–water partition coefficient (Wildman–Crippen LogP) is 1.60. The molecule has 0 spiro atoms. The van der Waals surface area contributed by atoms with Crippen molar-refractivity contribution in [1.82, 2.24) is 0 Å². The summed E-state index contributed by atoms with van der Waals surface area (Å²) < 4.78 is 4.55. The maximum absolute atomic E-state index is 11.0. The summed E-state index contributed by atoms with van der Waals surface area (Å²) in [4.78, 5) is 11.0. The number of esters is 1. The Kier molecular flexibility index (Phi) is 5.69. The molecule has 2 nitrogen and oxygen atoms in total. The molecule has 0 aromatic heterocycles. The fourth-order valence-electron chi connectivity index (χ4n) is 0.921. The Morgan fingerprint density at radius 2 is 1.93 bits per heavy atom. The largest absolute Gasteiger partial charge is 0.465 e. The van der Waals surface area contributed by atoms with Crippen LogP contribution in [0.5, 0.6) is 0 Å². The van der Waals surface area contributed by atoms with Gasteiger partial charge < -0.3 is 4.74 Å². The van der Waals surface area contributed by atoms with E-state index in [1.807, 2.05) is 20.8 Å². The molecule has 1 rings (SSSR count). The van der Waals surface area contributed by atoms with Gasteiger partial charge in [0.1, 0.15) is 7.85 Å². The Balaban J connectivity index is 0.000000791. The highest BCUT2D eigenvalue weighted by Gasteiger charge is 2.04. The van der Waals surface area contributed by atoms with E-state index in [0.29, 0.717) is 11.0 Å². The molecule has 0 aliphatic heterocycles. The molecular formula is C11H15BO2. The molecule has 0 unspecified atom stereocenters. The topological polar surface area (TPSA) is 26.3 Å². The molecule has 1 aromatic rings. The van der Waals surface area contributed by atoms with Gasteiger partial charge in [-0.3, -0.25) is 0 Å². The molecule has 0 atom stereocenters. The minimum Gasteiger partial charge on any atom is -0.465 e. The summed E-state index contributed by atoms with van der Waals surface area (Å²) in [6.45, 7) is 5.85. The highest BCUT2D eigenvalue weighted by atomic mass is 16.5. The Hall–Kier alpha value is -1.25.